The number of halogens is 2. The van der Waals surface area contributed by atoms with Gasteiger partial charge in [0, 0.05) is 29.1 Å². The summed E-state index contributed by atoms with van der Waals surface area (Å²) in [5.74, 6) is 0.719. The van der Waals surface area contributed by atoms with Crippen LogP contribution in [0.4, 0.5) is 10.8 Å². The number of piperidine rings is 1. The molecule has 4 N–H and O–H groups in total. The highest BCUT2D eigenvalue weighted by Crippen LogP contribution is 2.36. The number of benzene rings is 2. The van der Waals surface area contributed by atoms with Crippen molar-refractivity contribution in [2.24, 2.45) is 0 Å². The molecule has 12 heteroatoms. The number of hydrogen-bond acceptors (Lipinski definition) is 7. The van der Waals surface area contributed by atoms with Crippen LogP contribution in [0.1, 0.15) is 40.6 Å². The summed E-state index contributed by atoms with van der Waals surface area (Å²) in [5, 5.41) is 7.78. The monoisotopic (exact) mass is 590 g/mol. The van der Waals surface area contributed by atoms with Gasteiger partial charge in [0.05, 0.1) is 24.7 Å². The third-order valence-corrected chi connectivity index (χ3v) is 8.41. The van der Waals surface area contributed by atoms with E-state index in [4.69, 9.17) is 4.74 Å². The first-order chi connectivity index (χ1) is 16.3. The van der Waals surface area contributed by atoms with E-state index in [2.05, 4.69) is 39.9 Å². The van der Waals surface area contributed by atoms with Gasteiger partial charge in [-0.15, -0.1) is 36.2 Å². The van der Waals surface area contributed by atoms with Crippen molar-refractivity contribution in [2.75, 3.05) is 24.2 Å². The lowest BCUT2D eigenvalue weighted by molar-refractivity contribution is 0.303. The van der Waals surface area contributed by atoms with Gasteiger partial charge in [-0.3, -0.25) is 0 Å². The molecule has 1 aliphatic heterocycles. The van der Waals surface area contributed by atoms with E-state index < -0.39 is 10.0 Å². The van der Waals surface area contributed by atoms with E-state index in [1.165, 1.54) is 27.5 Å². The molecule has 4 rings (SSSR count). The third-order valence-electron chi connectivity index (χ3n) is 6.19. The molecule has 3 aromatic rings. The van der Waals surface area contributed by atoms with Crippen molar-refractivity contribution in [3.63, 3.8) is 0 Å². The van der Waals surface area contributed by atoms with E-state index in [1.807, 2.05) is 32.0 Å². The molecule has 2 heterocycles. The SMILES string of the molecule is COc1ccc(N(c2nc(C)c(C)s2)S(C)(=O)=O)cc1CN[C@H]1CCCN[C@@H]1c1ccccc1.Cl.Cl.O. The summed E-state index contributed by atoms with van der Waals surface area (Å²) in [6, 6.07) is 16.4. The smallest absolute Gasteiger partial charge is 0.238 e. The van der Waals surface area contributed by atoms with Gasteiger partial charge in [-0.25, -0.2) is 17.7 Å². The Labute approximate surface area is 236 Å². The maximum Gasteiger partial charge on any atom is 0.238 e. The zero-order valence-corrected chi connectivity index (χ0v) is 24.6. The van der Waals surface area contributed by atoms with E-state index >= 15 is 0 Å². The molecule has 1 saturated heterocycles. The van der Waals surface area contributed by atoms with Crippen molar-refractivity contribution in [1.29, 1.82) is 0 Å². The topological polar surface area (TPSA) is 115 Å². The Balaban J connectivity index is 0.00000228. The fraction of sp³-hybridized carbons (Fsp3) is 0.400. The molecule has 8 nitrogen and oxygen atoms in total. The van der Waals surface area contributed by atoms with Gasteiger partial charge in [-0.2, -0.15) is 0 Å². The van der Waals surface area contributed by atoms with Crippen LogP contribution in [0.5, 0.6) is 5.75 Å². The highest BCUT2D eigenvalue weighted by atomic mass is 35.5. The van der Waals surface area contributed by atoms with E-state index in [0.717, 1.165) is 41.3 Å². The van der Waals surface area contributed by atoms with Crippen LogP contribution < -0.4 is 19.7 Å². The summed E-state index contributed by atoms with van der Waals surface area (Å²) in [4.78, 5) is 5.49. The number of methoxy groups -OCH3 is 1. The first kappa shape index (κ1) is 33.1. The zero-order chi connectivity index (χ0) is 24.3. The molecule has 1 aromatic heterocycles. The van der Waals surface area contributed by atoms with Gasteiger partial charge in [0.25, 0.3) is 0 Å². The summed E-state index contributed by atoms with van der Waals surface area (Å²) < 4.78 is 32.4. The Hall–Kier alpha value is -1.92. The van der Waals surface area contributed by atoms with Crippen molar-refractivity contribution in [2.45, 2.75) is 45.3 Å². The Morgan fingerprint density at radius 3 is 2.46 bits per heavy atom. The van der Waals surface area contributed by atoms with Gasteiger partial charge in [0.1, 0.15) is 5.75 Å². The van der Waals surface area contributed by atoms with Gasteiger partial charge in [-0.05, 0) is 57.0 Å². The van der Waals surface area contributed by atoms with Crippen LogP contribution >= 0.6 is 36.2 Å². The van der Waals surface area contributed by atoms with Crippen molar-refractivity contribution in [1.82, 2.24) is 15.6 Å². The predicted molar refractivity (Wildman–Crippen MR) is 157 cm³/mol. The Morgan fingerprint density at radius 2 is 1.86 bits per heavy atom. The van der Waals surface area contributed by atoms with Crippen molar-refractivity contribution < 1.29 is 18.6 Å². The molecule has 0 amide bonds. The number of aromatic nitrogens is 1. The molecule has 0 radical (unpaired) electrons. The maximum atomic E-state index is 12.8. The average molecular weight is 592 g/mol. The summed E-state index contributed by atoms with van der Waals surface area (Å²) in [7, 11) is -1.95. The van der Waals surface area contributed by atoms with Gasteiger partial charge in [0.2, 0.25) is 15.2 Å². The summed E-state index contributed by atoms with van der Waals surface area (Å²) in [6.45, 7) is 5.38. The summed E-state index contributed by atoms with van der Waals surface area (Å²) >= 11 is 1.37. The Bertz CT molecular complexity index is 1220. The van der Waals surface area contributed by atoms with Crippen molar-refractivity contribution >= 4 is 57.0 Å². The lowest BCUT2D eigenvalue weighted by Gasteiger charge is -2.34. The fourth-order valence-electron chi connectivity index (χ4n) is 4.38. The molecule has 0 saturated carbocycles. The van der Waals surface area contributed by atoms with Crippen LogP contribution in [0.3, 0.4) is 0 Å². The van der Waals surface area contributed by atoms with Crippen molar-refractivity contribution in [3.05, 3.63) is 70.2 Å². The van der Waals surface area contributed by atoms with E-state index in [0.29, 0.717) is 17.4 Å². The van der Waals surface area contributed by atoms with Gasteiger partial charge in [-0.1, -0.05) is 30.3 Å². The number of nitrogens with zero attached hydrogens (tertiary/aromatic N) is 2. The maximum absolute atomic E-state index is 12.8. The quantitative estimate of drug-likeness (QED) is 0.400. The first-order valence-corrected chi connectivity index (χ1v) is 14.1. The van der Waals surface area contributed by atoms with E-state index in [9.17, 15) is 8.42 Å². The molecule has 1 aliphatic rings. The third kappa shape index (κ3) is 7.79. The lowest BCUT2D eigenvalue weighted by atomic mass is 9.92. The second-order valence-electron chi connectivity index (χ2n) is 8.63. The highest BCUT2D eigenvalue weighted by molar-refractivity contribution is 7.92. The van der Waals surface area contributed by atoms with Crippen LogP contribution in [-0.2, 0) is 16.6 Å². The van der Waals surface area contributed by atoms with E-state index in [-0.39, 0.29) is 42.4 Å². The molecule has 37 heavy (non-hydrogen) atoms. The van der Waals surface area contributed by atoms with Gasteiger partial charge >= 0.3 is 0 Å². The number of ether oxygens (including phenoxy) is 1. The zero-order valence-electron chi connectivity index (χ0n) is 21.4. The second kappa shape index (κ2) is 14.3. The number of aryl methyl sites for hydroxylation is 2. The largest absolute Gasteiger partial charge is 0.496 e. The number of anilines is 2. The first-order valence-electron chi connectivity index (χ1n) is 11.4. The van der Waals surface area contributed by atoms with Crippen LogP contribution in [0.15, 0.2) is 48.5 Å². The molecule has 2 aromatic carbocycles. The Kier molecular flexibility index (Phi) is 12.8. The van der Waals surface area contributed by atoms with Crippen LogP contribution in [0, 0.1) is 13.8 Å². The number of sulfonamides is 1. The Morgan fingerprint density at radius 1 is 1.16 bits per heavy atom. The minimum atomic E-state index is -3.58. The van der Waals surface area contributed by atoms with Crippen LogP contribution in [0.2, 0.25) is 0 Å². The molecule has 206 valence electrons. The molecular formula is C25H36Cl2N4O4S2. The minimum absolute atomic E-state index is 0. The fourth-order valence-corrected chi connectivity index (χ4v) is 6.55. The molecule has 0 aliphatic carbocycles. The molecule has 0 bridgehead atoms. The number of rotatable bonds is 8. The predicted octanol–water partition coefficient (Wildman–Crippen LogP) is 4.47. The molecule has 0 spiro atoms. The van der Waals surface area contributed by atoms with Gasteiger partial charge < -0.3 is 20.8 Å². The second-order valence-corrected chi connectivity index (χ2v) is 11.6. The van der Waals surface area contributed by atoms with Crippen molar-refractivity contribution in [3.8, 4) is 5.75 Å². The average Bonchev–Trinajstić information content (AvgIpc) is 3.15. The van der Waals surface area contributed by atoms with Crippen LogP contribution in [-0.4, -0.2) is 44.8 Å². The standard InChI is InChI=1S/C25H32N4O3S2.2ClH.H2O/c1-17-18(2)33-25(28-17)29(34(4,30)31)21-12-13-23(32-3)20(15-21)16-27-22-11-8-14-26-24(22)19-9-6-5-7-10-19;;;/h5-7,9-10,12-13,15,22,24,26-27H,8,11,14,16H2,1-4H3;2*1H;1H2/t22-,24+;;;/m0.../s1. The molecule has 0 unspecified atom stereocenters. The summed E-state index contributed by atoms with van der Waals surface area (Å²) in [5.41, 5.74) is 3.55. The number of hydrogen-bond donors (Lipinski definition) is 2. The minimum Gasteiger partial charge on any atom is -0.496 e. The summed E-state index contributed by atoms with van der Waals surface area (Å²) in [6.07, 6.45) is 3.36. The lowest BCUT2D eigenvalue weighted by Crippen LogP contribution is -2.45. The molecule has 1 fully saturated rings. The molecular weight excluding hydrogens is 555 g/mol. The van der Waals surface area contributed by atoms with E-state index in [1.54, 1.807) is 13.2 Å². The highest BCUT2D eigenvalue weighted by Gasteiger charge is 2.27. The number of thiazole rings is 1. The van der Waals surface area contributed by atoms with Crippen LogP contribution in [0.25, 0.3) is 0 Å². The normalized spacial score (nSPS) is 17.1. The molecule has 2 atom stereocenters. The number of nitrogens with one attached hydrogen (secondary N) is 2. The van der Waals surface area contributed by atoms with Gasteiger partial charge in [0.15, 0.2) is 0 Å².